The number of rotatable bonds is 7. The highest BCUT2D eigenvalue weighted by atomic mass is 16.5. The number of hydrogen-bond donors (Lipinski definition) is 1. The molecule has 2 rings (SSSR count). The molecule has 0 saturated carbocycles. The van der Waals surface area contributed by atoms with E-state index < -0.39 is 0 Å². The number of hydrogen-bond acceptors (Lipinski definition) is 4. The molecular formula is C15H28N4O. The Hall–Kier alpha value is -1.07. The minimum absolute atomic E-state index is 0.730. The third-order valence-electron chi connectivity index (χ3n) is 4.04. The van der Waals surface area contributed by atoms with E-state index in [-0.39, 0.29) is 0 Å². The summed E-state index contributed by atoms with van der Waals surface area (Å²) in [5.41, 5.74) is 1.16. The summed E-state index contributed by atoms with van der Waals surface area (Å²) in [5, 5.41) is 3.42. The van der Waals surface area contributed by atoms with E-state index in [1.807, 2.05) is 0 Å². The Bertz CT molecular complexity index is 399. The first kappa shape index (κ1) is 15.3. The van der Waals surface area contributed by atoms with Crippen LogP contribution in [-0.4, -0.2) is 49.9 Å². The minimum atomic E-state index is 0.730. The van der Waals surface area contributed by atoms with Crippen molar-refractivity contribution in [3.63, 3.8) is 0 Å². The van der Waals surface area contributed by atoms with Crippen LogP contribution in [0.5, 0.6) is 0 Å². The van der Waals surface area contributed by atoms with Crippen LogP contribution in [0.4, 0.5) is 5.95 Å². The molecule has 0 unspecified atom stereocenters. The minimum Gasteiger partial charge on any atom is -0.383 e. The molecule has 0 bridgehead atoms. The monoisotopic (exact) mass is 280 g/mol. The fourth-order valence-corrected chi connectivity index (χ4v) is 2.82. The Labute approximate surface area is 122 Å². The number of aryl methyl sites for hydroxylation is 1. The molecule has 0 spiro atoms. The van der Waals surface area contributed by atoms with Gasteiger partial charge >= 0.3 is 0 Å². The van der Waals surface area contributed by atoms with Crippen molar-refractivity contribution in [2.24, 2.45) is 5.92 Å². The van der Waals surface area contributed by atoms with Crippen LogP contribution < -0.4 is 10.2 Å². The Morgan fingerprint density at radius 3 is 2.85 bits per heavy atom. The van der Waals surface area contributed by atoms with Gasteiger partial charge in [0.25, 0.3) is 0 Å². The SMILES string of the molecule is CCc1cn(CCOC)c(N(C)CC2CCNCC2)n1. The van der Waals surface area contributed by atoms with E-state index in [1.165, 1.54) is 12.8 Å². The summed E-state index contributed by atoms with van der Waals surface area (Å²) in [6.07, 6.45) is 5.68. The van der Waals surface area contributed by atoms with Crippen LogP contribution in [0, 0.1) is 5.92 Å². The van der Waals surface area contributed by atoms with Crippen LogP contribution in [0.25, 0.3) is 0 Å². The van der Waals surface area contributed by atoms with E-state index in [2.05, 4.69) is 35.0 Å². The molecule has 1 N–H and O–H groups in total. The standard InChI is InChI=1S/C15H28N4O/c1-4-14-12-19(9-10-20-3)15(17-14)18(2)11-13-5-7-16-8-6-13/h12-13,16H,4-11H2,1-3H3. The zero-order chi connectivity index (χ0) is 14.4. The van der Waals surface area contributed by atoms with E-state index in [4.69, 9.17) is 9.72 Å². The molecule has 0 aromatic carbocycles. The molecule has 0 atom stereocenters. The maximum absolute atomic E-state index is 5.20. The van der Waals surface area contributed by atoms with Gasteiger partial charge in [0.1, 0.15) is 0 Å². The Kier molecular flexibility index (Phi) is 5.86. The molecule has 1 saturated heterocycles. The van der Waals surface area contributed by atoms with Gasteiger partial charge in [0.15, 0.2) is 0 Å². The Morgan fingerprint density at radius 1 is 1.45 bits per heavy atom. The van der Waals surface area contributed by atoms with Crippen molar-refractivity contribution in [3.8, 4) is 0 Å². The maximum Gasteiger partial charge on any atom is 0.205 e. The van der Waals surface area contributed by atoms with E-state index >= 15 is 0 Å². The molecule has 1 aliphatic rings. The molecule has 1 aromatic rings. The normalized spacial score (nSPS) is 16.6. The van der Waals surface area contributed by atoms with Gasteiger partial charge in [-0.2, -0.15) is 0 Å². The molecule has 1 aliphatic heterocycles. The highest BCUT2D eigenvalue weighted by Gasteiger charge is 2.18. The van der Waals surface area contributed by atoms with E-state index in [9.17, 15) is 0 Å². The molecule has 1 fully saturated rings. The first-order valence-electron chi connectivity index (χ1n) is 7.71. The lowest BCUT2D eigenvalue weighted by atomic mass is 9.98. The second-order valence-corrected chi connectivity index (χ2v) is 5.65. The quantitative estimate of drug-likeness (QED) is 0.822. The zero-order valence-corrected chi connectivity index (χ0v) is 13.1. The second kappa shape index (κ2) is 7.64. The van der Waals surface area contributed by atoms with Crippen molar-refractivity contribution in [2.45, 2.75) is 32.7 Å². The van der Waals surface area contributed by atoms with Gasteiger partial charge in [-0.25, -0.2) is 4.98 Å². The summed E-state index contributed by atoms with van der Waals surface area (Å²) < 4.78 is 7.42. The van der Waals surface area contributed by atoms with E-state index in [0.717, 1.165) is 56.8 Å². The number of ether oxygens (including phenoxy) is 1. The summed E-state index contributed by atoms with van der Waals surface area (Å²) in [6, 6.07) is 0. The lowest BCUT2D eigenvalue weighted by Gasteiger charge is -2.28. The van der Waals surface area contributed by atoms with Crippen LogP contribution in [0.15, 0.2) is 6.20 Å². The van der Waals surface area contributed by atoms with Gasteiger partial charge in [0, 0.05) is 33.4 Å². The van der Waals surface area contributed by atoms with Gasteiger partial charge in [-0.3, -0.25) is 0 Å². The highest BCUT2D eigenvalue weighted by Crippen LogP contribution is 2.19. The fraction of sp³-hybridized carbons (Fsp3) is 0.800. The summed E-state index contributed by atoms with van der Waals surface area (Å²) in [7, 11) is 3.91. The number of nitrogens with zero attached hydrogens (tertiary/aromatic N) is 3. The van der Waals surface area contributed by atoms with Crippen molar-refractivity contribution >= 4 is 5.95 Å². The molecule has 0 amide bonds. The molecule has 114 valence electrons. The Morgan fingerprint density at radius 2 is 2.20 bits per heavy atom. The average molecular weight is 280 g/mol. The molecular weight excluding hydrogens is 252 g/mol. The summed E-state index contributed by atoms with van der Waals surface area (Å²) in [6.45, 7) is 7.14. The van der Waals surface area contributed by atoms with Gasteiger partial charge in [-0.15, -0.1) is 0 Å². The molecule has 2 heterocycles. The van der Waals surface area contributed by atoms with Gasteiger partial charge in [-0.1, -0.05) is 6.92 Å². The number of nitrogens with one attached hydrogen (secondary N) is 1. The van der Waals surface area contributed by atoms with Crippen molar-refractivity contribution in [1.82, 2.24) is 14.9 Å². The third kappa shape index (κ3) is 3.96. The van der Waals surface area contributed by atoms with Crippen LogP contribution in [0.1, 0.15) is 25.5 Å². The molecule has 5 nitrogen and oxygen atoms in total. The summed E-state index contributed by atoms with van der Waals surface area (Å²) in [5.74, 6) is 1.86. The lowest BCUT2D eigenvalue weighted by molar-refractivity contribution is 0.187. The lowest BCUT2D eigenvalue weighted by Crippen LogP contribution is -2.35. The van der Waals surface area contributed by atoms with Crippen molar-refractivity contribution in [1.29, 1.82) is 0 Å². The third-order valence-corrected chi connectivity index (χ3v) is 4.04. The van der Waals surface area contributed by atoms with Gasteiger partial charge in [-0.05, 0) is 38.3 Å². The highest BCUT2D eigenvalue weighted by molar-refractivity contribution is 5.32. The van der Waals surface area contributed by atoms with Crippen molar-refractivity contribution < 1.29 is 4.74 Å². The number of aromatic nitrogens is 2. The predicted molar refractivity (Wildman–Crippen MR) is 82.3 cm³/mol. The topological polar surface area (TPSA) is 42.3 Å². The number of methoxy groups -OCH3 is 1. The largest absolute Gasteiger partial charge is 0.383 e. The van der Waals surface area contributed by atoms with Crippen LogP contribution in [0.2, 0.25) is 0 Å². The zero-order valence-electron chi connectivity index (χ0n) is 13.1. The van der Waals surface area contributed by atoms with Crippen LogP contribution >= 0.6 is 0 Å². The molecule has 1 aromatic heterocycles. The molecule has 5 heteroatoms. The van der Waals surface area contributed by atoms with Crippen LogP contribution in [-0.2, 0) is 17.7 Å². The fourth-order valence-electron chi connectivity index (χ4n) is 2.82. The molecule has 20 heavy (non-hydrogen) atoms. The number of anilines is 1. The van der Waals surface area contributed by atoms with Crippen molar-refractivity contribution in [2.75, 3.05) is 45.3 Å². The number of piperidine rings is 1. The van der Waals surface area contributed by atoms with Crippen LogP contribution in [0.3, 0.4) is 0 Å². The average Bonchev–Trinajstić information content (AvgIpc) is 2.89. The smallest absolute Gasteiger partial charge is 0.205 e. The van der Waals surface area contributed by atoms with Crippen molar-refractivity contribution in [3.05, 3.63) is 11.9 Å². The maximum atomic E-state index is 5.20. The summed E-state index contributed by atoms with van der Waals surface area (Å²) >= 11 is 0. The van der Waals surface area contributed by atoms with E-state index in [0.29, 0.717) is 0 Å². The molecule has 0 aliphatic carbocycles. The van der Waals surface area contributed by atoms with Gasteiger partial charge < -0.3 is 19.5 Å². The van der Waals surface area contributed by atoms with Gasteiger partial charge in [0.05, 0.1) is 12.3 Å². The second-order valence-electron chi connectivity index (χ2n) is 5.65. The van der Waals surface area contributed by atoms with E-state index in [1.54, 1.807) is 7.11 Å². The number of imidazole rings is 1. The predicted octanol–water partition coefficient (Wildman–Crippen LogP) is 1.53. The van der Waals surface area contributed by atoms with Gasteiger partial charge in [0.2, 0.25) is 5.95 Å². The summed E-state index contributed by atoms with van der Waals surface area (Å²) in [4.78, 5) is 7.08. The first-order chi connectivity index (χ1) is 9.74. The first-order valence-corrected chi connectivity index (χ1v) is 7.71. The molecule has 0 radical (unpaired) electrons. The Balaban J connectivity index is 2.02.